The van der Waals surface area contributed by atoms with Crippen LogP contribution in [0.1, 0.15) is 33.8 Å². The number of fused-ring (bicyclic) bond motifs is 3. The zero-order valence-electron chi connectivity index (χ0n) is 14.0. The molecule has 1 saturated heterocycles. The number of rotatable bonds is 1. The number of hydrogen-bond donors (Lipinski definition) is 0. The Morgan fingerprint density at radius 3 is 2.79 bits per heavy atom. The highest BCUT2D eigenvalue weighted by Gasteiger charge is 2.44. The molecule has 4 heteroatoms. The second-order valence-corrected chi connectivity index (χ2v) is 6.94. The lowest BCUT2D eigenvalue weighted by Crippen LogP contribution is -2.47. The normalized spacial score (nSPS) is 23.0. The van der Waals surface area contributed by atoms with Crippen LogP contribution in [0, 0.1) is 12.7 Å². The molecule has 0 aliphatic carbocycles. The Hall–Kier alpha value is -2.20. The quantitative estimate of drug-likeness (QED) is 0.800. The van der Waals surface area contributed by atoms with Crippen molar-refractivity contribution >= 4 is 11.6 Å². The number of likely N-dealkylation sites (N-methyl/N-ethyl adjacent to an activating group) is 1. The summed E-state index contributed by atoms with van der Waals surface area (Å²) >= 11 is 0. The van der Waals surface area contributed by atoms with Crippen molar-refractivity contribution in [1.82, 2.24) is 4.90 Å². The Labute approximate surface area is 141 Å². The van der Waals surface area contributed by atoms with Crippen LogP contribution in [0.5, 0.6) is 0 Å². The van der Waals surface area contributed by atoms with Gasteiger partial charge in [-0.2, -0.15) is 0 Å². The average Bonchev–Trinajstić information content (AvgIpc) is 2.88. The number of piperidine rings is 1. The van der Waals surface area contributed by atoms with Crippen molar-refractivity contribution in [3.05, 3.63) is 65.0 Å². The van der Waals surface area contributed by atoms with Crippen LogP contribution in [-0.2, 0) is 0 Å². The third kappa shape index (κ3) is 2.33. The molecule has 4 rings (SSSR count). The van der Waals surface area contributed by atoms with E-state index >= 15 is 0 Å². The molecule has 2 aliphatic heterocycles. The molecule has 1 fully saturated rings. The summed E-state index contributed by atoms with van der Waals surface area (Å²) in [5, 5.41) is 0. The molecule has 0 unspecified atom stereocenters. The lowest BCUT2D eigenvalue weighted by atomic mass is 9.88. The molecule has 0 bridgehead atoms. The Morgan fingerprint density at radius 1 is 1.21 bits per heavy atom. The third-order valence-electron chi connectivity index (χ3n) is 5.28. The van der Waals surface area contributed by atoms with E-state index in [1.54, 1.807) is 18.2 Å². The highest BCUT2D eigenvalue weighted by Crippen LogP contribution is 2.45. The Morgan fingerprint density at radius 2 is 2.00 bits per heavy atom. The van der Waals surface area contributed by atoms with Gasteiger partial charge in [0.15, 0.2) is 0 Å². The first-order valence-corrected chi connectivity index (χ1v) is 8.43. The van der Waals surface area contributed by atoms with Crippen molar-refractivity contribution in [2.75, 3.05) is 25.0 Å². The highest BCUT2D eigenvalue weighted by molar-refractivity contribution is 6.08. The average molecular weight is 324 g/mol. The van der Waals surface area contributed by atoms with Gasteiger partial charge < -0.3 is 9.80 Å². The van der Waals surface area contributed by atoms with Crippen LogP contribution < -0.4 is 4.90 Å². The van der Waals surface area contributed by atoms with E-state index in [0.717, 1.165) is 25.2 Å². The van der Waals surface area contributed by atoms with E-state index in [1.807, 2.05) is 17.0 Å². The van der Waals surface area contributed by atoms with E-state index in [4.69, 9.17) is 0 Å². The van der Waals surface area contributed by atoms with Crippen LogP contribution in [0.3, 0.4) is 0 Å². The van der Waals surface area contributed by atoms with E-state index in [-0.39, 0.29) is 17.5 Å². The summed E-state index contributed by atoms with van der Waals surface area (Å²) in [5.74, 6) is -0.378. The minimum Gasteiger partial charge on any atom is -0.306 e. The van der Waals surface area contributed by atoms with Gasteiger partial charge in [-0.25, -0.2) is 4.39 Å². The van der Waals surface area contributed by atoms with Crippen molar-refractivity contribution in [2.24, 2.45) is 0 Å². The van der Waals surface area contributed by atoms with Crippen LogP contribution in [0.2, 0.25) is 0 Å². The zero-order chi connectivity index (χ0) is 16.8. The molecule has 2 aromatic carbocycles. The largest absolute Gasteiger partial charge is 0.306 e. The van der Waals surface area contributed by atoms with Crippen LogP contribution in [0.4, 0.5) is 10.1 Å². The number of amides is 1. The molecule has 2 aromatic rings. The lowest BCUT2D eigenvalue weighted by molar-refractivity contribution is 0.0961. The smallest absolute Gasteiger partial charge is 0.261 e. The first-order valence-electron chi connectivity index (χ1n) is 8.43. The predicted octanol–water partition coefficient (Wildman–Crippen LogP) is 3.58. The van der Waals surface area contributed by atoms with Gasteiger partial charge in [0.2, 0.25) is 0 Å². The van der Waals surface area contributed by atoms with Crippen molar-refractivity contribution in [2.45, 2.75) is 25.3 Å². The summed E-state index contributed by atoms with van der Waals surface area (Å²) in [6.45, 7) is 3.96. The first-order chi connectivity index (χ1) is 11.6. The monoisotopic (exact) mass is 324 g/mol. The van der Waals surface area contributed by atoms with Gasteiger partial charge in [0, 0.05) is 24.2 Å². The second kappa shape index (κ2) is 5.71. The van der Waals surface area contributed by atoms with E-state index in [9.17, 15) is 9.18 Å². The minimum absolute atomic E-state index is 0.116. The van der Waals surface area contributed by atoms with E-state index in [0.29, 0.717) is 5.92 Å². The third-order valence-corrected chi connectivity index (χ3v) is 5.28. The van der Waals surface area contributed by atoms with Crippen molar-refractivity contribution in [1.29, 1.82) is 0 Å². The number of nitrogens with zero attached hydrogens (tertiary/aromatic N) is 2. The fourth-order valence-electron chi connectivity index (χ4n) is 4.11. The fourth-order valence-corrected chi connectivity index (χ4v) is 4.11. The maximum absolute atomic E-state index is 14.2. The maximum atomic E-state index is 14.2. The predicted molar refractivity (Wildman–Crippen MR) is 93.0 cm³/mol. The van der Waals surface area contributed by atoms with Gasteiger partial charge in [0.25, 0.3) is 5.91 Å². The first kappa shape index (κ1) is 15.3. The number of carbonyl (C=O) groups is 1. The van der Waals surface area contributed by atoms with Gasteiger partial charge in [-0.1, -0.05) is 29.8 Å². The molecule has 24 heavy (non-hydrogen) atoms. The molecule has 0 radical (unpaired) electrons. The van der Waals surface area contributed by atoms with Gasteiger partial charge in [-0.15, -0.1) is 0 Å². The number of carbonyl (C=O) groups excluding carboxylic acids is 1. The molecule has 1 amide bonds. The fraction of sp³-hybridized carbons (Fsp3) is 0.350. The number of halogens is 1. The molecular formula is C20H21FN2O. The summed E-state index contributed by atoms with van der Waals surface area (Å²) in [5.41, 5.74) is 3.51. The molecule has 0 N–H and O–H groups in total. The Bertz CT molecular complexity index is 804. The molecule has 2 aliphatic rings. The number of hydrogen-bond acceptors (Lipinski definition) is 2. The van der Waals surface area contributed by atoms with Gasteiger partial charge >= 0.3 is 0 Å². The van der Waals surface area contributed by atoms with Gasteiger partial charge in [0.05, 0.1) is 5.56 Å². The summed E-state index contributed by atoms with van der Waals surface area (Å²) in [7, 11) is 2.12. The summed E-state index contributed by atoms with van der Waals surface area (Å²) < 4.78 is 14.2. The highest BCUT2D eigenvalue weighted by atomic mass is 19.1. The van der Waals surface area contributed by atoms with Crippen molar-refractivity contribution < 1.29 is 9.18 Å². The minimum atomic E-state index is -0.451. The molecule has 3 nitrogen and oxygen atoms in total. The molecule has 0 spiro atoms. The molecule has 2 atom stereocenters. The summed E-state index contributed by atoms with van der Waals surface area (Å²) in [4.78, 5) is 17.3. The van der Waals surface area contributed by atoms with Crippen LogP contribution in [0.25, 0.3) is 0 Å². The number of anilines is 1. The molecule has 0 aromatic heterocycles. The molecule has 0 saturated carbocycles. The number of likely N-dealkylation sites (tertiary alicyclic amines) is 1. The standard InChI is InChI=1S/C20H21FN2O/c1-13-7-8-18-15(11-13)16-12-22(2)10-9-19(16)23(18)20(24)14-5-3-4-6-17(14)21/h3-8,11,16,19H,9-10,12H2,1-2H3/t16-,19+/m0/s1. The zero-order valence-corrected chi connectivity index (χ0v) is 14.0. The summed E-state index contributed by atoms with van der Waals surface area (Å²) in [6.07, 6.45) is 0.912. The molecule has 2 heterocycles. The SMILES string of the molecule is Cc1ccc2c(c1)[C@@H]1CN(C)CC[C@H]1N2C(=O)c1ccccc1F. The molecule has 124 valence electrons. The summed E-state index contributed by atoms with van der Waals surface area (Å²) in [6, 6.07) is 12.6. The van der Waals surface area contributed by atoms with Gasteiger partial charge in [0.1, 0.15) is 5.82 Å². The van der Waals surface area contributed by atoms with Crippen LogP contribution >= 0.6 is 0 Å². The van der Waals surface area contributed by atoms with Crippen LogP contribution in [-0.4, -0.2) is 37.0 Å². The number of aryl methyl sites for hydroxylation is 1. The van der Waals surface area contributed by atoms with E-state index in [2.05, 4.69) is 24.9 Å². The van der Waals surface area contributed by atoms with E-state index < -0.39 is 5.82 Å². The Balaban J connectivity index is 1.81. The van der Waals surface area contributed by atoms with Crippen molar-refractivity contribution in [3.8, 4) is 0 Å². The lowest BCUT2D eigenvalue weighted by Gasteiger charge is -2.36. The maximum Gasteiger partial charge on any atom is 0.261 e. The molecular weight excluding hydrogens is 303 g/mol. The number of benzene rings is 2. The second-order valence-electron chi connectivity index (χ2n) is 6.94. The van der Waals surface area contributed by atoms with Gasteiger partial charge in [-0.05, 0) is 50.7 Å². The Kier molecular flexibility index (Phi) is 3.65. The van der Waals surface area contributed by atoms with Crippen molar-refractivity contribution in [3.63, 3.8) is 0 Å². The van der Waals surface area contributed by atoms with E-state index in [1.165, 1.54) is 17.2 Å². The van der Waals surface area contributed by atoms with Crippen LogP contribution in [0.15, 0.2) is 42.5 Å². The van der Waals surface area contributed by atoms with Gasteiger partial charge in [-0.3, -0.25) is 4.79 Å². The topological polar surface area (TPSA) is 23.6 Å².